The fourth-order valence-electron chi connectivity index (χ4n) is 3.04. The fraction of sp³-hybridized carbons (Fsp3) is 0.350. The molecule has 0 radical (unpaired) electrons. The van der Waals surface area contributed by atoms with Gasteiger partial charge in [0.1, 0.15) is 11.1 Å². The van der Waals surface area contributed by atoms with Gasteiger partial charge in [-0.1, -0.05) is 30.3 Å². The van der Waals surface area contributed by atoms with Crippen LogP contribution in [0.3, 0.4) is 0 Å². The van der Waals surface area contributed by atoms with E-state index in [9.17, 15) is 10.1 Å². The van der Waals surface area contributed by atoms with Gasteiger partial charge in [-0.2, -0.15) is 5.26 Å². The molecule has 128 valence electrons. The largest absolute Gasteiger partial charge is 0.325 e. The Morgan fingerprint density at radius 3 is 2.92 bits per heavy atom. The zero-order valence-corrected chi connectivity index (χ0v) is 15.2. The lowest BCUT2D eigenvalue weighted by Crippen LogP contribution is -2.14. The predicted octanol–water partition coefficient (Wildman–Crippen LogP) is 4.26. The molecular formula is C20H21N3OS. The molecule has 0 spiro atoms. The van der Waals surface area contributed by atoms with Crippen LogP contribution in [0.1, 0.15) is 41.6 Å². The van der Waals surface area contributed by atoms with Crippen molar-refractivity contribution in [2.75, 3.05) is 11.1 Å². The Morgan fingerprint density at radius 1 is 1.28 bits per heavy atom. The van der Waals surface area contributed by atoms with Crippen LogP contribution in [-0.2, 0) is 17.6 Å². The average Bonchev–Trinajstić information content (AvgIpc) is 2.83. The van der Waals surface area contributed by atoms with Crippen LogP contribution in [0.5, 0.6) is 0 Å². The van der Waals surface area contributed by atoms with Crippen LogP contribution >= 0.6 is 11.8 Å². The molecule has 25 heavy (non-hydrogen) atoms. The van der Waals surface area contributed by atoms with E-state index >= 15 is 0 Å². The number of hydrogen-bond acceptors (Lipinski definition) is 4. The molecule has 5 heteroatoms. The summed E-state index contributed by atoms with van der Waals surface area (Å²) in [5, 5.41) is 13.0. The van der Waals surface area contributed by atoms with E-state index in [2.05, 4.69) is 11.4 Å². The lowest BCUT2D eigenvalue weighted by Gasteiger charge is -2.10. The minimum Gasteiger partial charge on any atom is -0.325 e. The van der Waals surface area contributed by atoms with Crippen LogP contribution in [-0.4, -0.2) is 16.6 Å². The highest BCUT2D eigenvalue weighted by Crippen LogP contribution is 2.27. The fourth-order valence-corrected chi connectivity index (χ4v) is 3.81. The first-order valence-corrected chi connectivity index (χ1v) is 9.56. The van der Waals surface area contributed by atoms with Gasteiger partial charge in [-0.05, 0) is 61.9 Å². The highest BCUT2D eigenvalue weighted by atomic mass is 32.2. The molecule has 0 unspecified atom stereocenters. The van der Waals surface area contributed by atoms with E-state index in [1.165, 1.54) is 23.7 Å². The molecule has 1 heterocycles. The molecule has 0 atom stereocenters. The number of aromatic nitrogens is 1. The molecule has 1 aliphatic rings. The number of amides is 1. The molecule has 0 fully saturated rings. The minimum atomic E-state index is -0.0868. The second kappa shape index (κ2) is 8.17. The molecule has 1 aromatic heterocycles. The highest BCUT2D eigenvalue weighted by Gasteiger charge is 2.15. The van der Waals surface area contributed by atoms with E-state index in [-0.39, 0.29) is 11.7 Å². The summed E-state index contributed by atoms with van der Waals surface area (Å²) in [6.45, 7) is 1.99. The molecule has 1 N–H and O–H groups in total. The topological polar surface area (TPSA) is 65.8 Å². The number of anilines is 1. The van der Waals surface area contributed by atoms with Crippen LogP contribution in [0.2, 0.25) is 0 Å². The summed E-state index contributed by atoms with van der Waals surface area (Å²) in [6.07, 6.45) is 5.47. The van der Waals surface area contributed by atoms with E-state index in [0.29, 0.717) is 10.6 Å². The van der Waals surface area contributed by atoms with Gasteiger partial charge in [0, 0.05) is 11.4 Å². The molecule has 0 bridgehead atoms. The summed E-state index contributed by atoms with van der Waals surface area (Å²) in [5.41, 5.74) is 4.76. The van der Waals surface area contributed by atoms with Crippen LogP contribution in [0.25, 0.3) is 0 Å². The molecule has 1 aromatic carbocycles. The van der Waals surface area contributed by atoms with Crippen LogP contribution in [0, 0.1) is 18.3 Å². The molecule has 4 nitrogen and oxygen atoms in total. The monoisotopic (exact) mass is 351 g/mol. The molecule has 1 aliphatic carbocycles. The van der Waals surface area contributed by atoms with Crippen molar-refractivity contribution in [1.29, 1.82) is 5.26 Å². The minimum absolute atomic E-state index is 0.0868. The number of benzene rings is 1. The molecular weight excluding hydrogens is 330 g/mol. The van der Waals surface area contributed by atoms with Crippen molar-refractivity contribution in [3.05, 3.63) is 52.7 Å². The third kappa shape index (κ3) is 4.61. The maximum absolute atomic E-state index is 12.2. The van der Waals surface area contributed by atoms with Crippen molar-refractivity contribution < 1.29 is 4.79 Å². The van der Waals surface area contributed by atoms with Gasteiger partial charge in [-0.25, -0.2) is 4.98 Å². The van der Waals surface area contributed by atoms with Crippen molar-refractivity contribution >= 4 is 23.4 Å². The van der Waals surface area contributed by atoms with Gasteiger partial charge in [0.25, 0.3) is 0 Å². The Labute approximate surface area is 152 Å². The Morgan fingerprint density at radius 2 is 2.12 bits per heavy atom. The van der Waals surface area contributed by atoms with Gasteiger partial charge in [-0.3, -0.25) is 4.79 Å². The number of pyridine rings is 1. The summed E-state index contributed by atoms with van der Waals surface area (Å²) >= 11 is 1.34. The Hall–Kier alpha value is -2.32. The van der Waals surface area contributed by atoms with E-state index < -0.39 is 0 Å². The molecule has 0 aliphatic heterocycles. The predicted molar refractivity (Wildman–Crippen MR) is 101 cm³/mol. The smallest absolute Gasteiger partial charge is 0.234 e. The number of aryl methyl sites for hydroxylation is 3. The first-order chi connectivity index (χ1) is 12.2. The first kappa shape index (κ1) is 17.5. The number of carbonyl (C=O) groups is 1. The normalized spacial score (nSPS) is 13.4. The number of rotatable bonds is 4. The zero-order valence-electron chi connectivity index (χ0n) is 14.3. The van der Waals surface area contributed by atoms with Gasteiger partial charge in [-0.15, -0.1) is 0 Å². The molecule has 3 rings (SSSR count). The Kier molecular flexibility index (Phi) is 5.72. The Bertz CT molecular complexity index is 826. The average molecular weight is 351 g/mol. The van der Waals surface area contributed by atoms with Crippen molar-refractivity contribution in [2.45, 2.75) is 44.1 Å². The van der Waals surface area contributed by atoms with E-state index in [4.69, 9.17) is 4.98 Å². The Balaban J connectivity index is 1.69. The van der Waals surface area contributed by atoms with Gasteiger partial charge < -0.3 is 5.32 Å². The quantitative estimate of drug-likeness (QED) is 0.660. The van der Waals surface area contributed by atoms with Gasteiger partial charge in [0.15, 0.2) is 0 Å². The molecule has 0 saturated carbocycles. The SMILES string of the molecule is Cc1cccc(NC(=O)CSc2nc3c(cc2C#N)CCCCC3)c1. The summed E-state index contributed by atoms with van der Waals surface area (Å²) < 4.78 is 0. The number of nitriles is 1. The zero-order chi connectivity index (χ0) is 17.6. The molecule has 1 amide bonds. The summed E-state index contributed by atoms with van der Waals surface area (Å²) in [6, 6.07) is 11.9. The number of thioether (sulfide) groups is 1. The number of nitrogens with one attached hydrogen (secondary N) is 1. The lowest BCUT2D eigenvalue weighted by molar-refractivity contribution is -0.113. The number of nitrogens with zero attached hydrogens (tertiary/aromatic N) is 2. The number of carbonyl (C=O) groups excluding carboxylic acids is 1. The van der Waals surface area contributed by atoms with Crippen LogP contribution < -0.4 is 5.32 Å². The molecule has 2 aromatic rings. The lowest BCUT2D eigenvalue weighted by atomic mass is 10.1. The van der Waals surface area contributed by atoms with Gasteiger partial charge in [0.05, 0.1) is 11.3 Å². The van der Waals surface area contributed by atoms with Crippen LogP contribution in [0.15, 0.2) is 35.4 Å². The first-order valence-electron chi connectivity index (χ1n) is 8.58. The number of fused-ring (bicyclic) bond motifs is 1. The van der Waals surface area contributed by atoms with Crippen molar-refractivity contribution in [3.8, 4) is 6.07 Å². The van der Waals surface area contributed by atoms with Crippen molar-refractivity contribution in [3.63, 3.8) is 0 Å². The van der Waals surface area contributed by atoms with E-state index in [1.807, 2.05) is 37.3 Å². The van der Waals surface area contributed by atoms with E-state index in [0.717, 1.165) is 42.6 Å². The summed E-state index contributed by atoms with van der Waals surface area (Å²) in [7, 11) is 0. The maximum Gasteiger partial charge on any atom is 0.234 e. The third-order valence-corrected chi connectivity index (χ3v) is 5.27. The van der Waals surface area contributed by atoms with Crippen molar-refractivity contribution in [2.24, 2.45) is 0 Å². The van der Waals surface area contributed by atoms with Crippen LogP contribution in [0.4, 0.5) is 5.69 Å². The van der Waals surface area contributed by atoms with Gasteiger partial charge >= 0.3 is 0 Å². The second-order valence-corrected chi connectivity index (χ2v) is 7.29. The maximum atomic E-state index is 12.2. The van der Waals surface area contributed by atoms with Gasteiger partial charge in [0.2, 0.25) is 5.91 Å². The van der Waals surface area contributed by atoms with E-state index in [1.54, 1.807) is 0 Å². The standard InChI is InChI=1S/C20H21N3OS/c1-14-6-5-8-17(10-14)22-19(24)13-25-20-16(12-21)11-15-7-3-2-4-9-18(15)23-20/h5-6,8,10-11H,2-4,7,9,13H2,1H3,(H,22,24). The second-order valence-electron chi connectivity index (χ2n) is 6.33. The summed E-state index contributed by atoms with van der Waals surface area (Å²) in [5.74, 6) is 0.158. The highest BCUT2D eigenvalue weighted by molar-refractivity contribution is 8.00. The number of hydrogen-bond donors (Lipinski definition) is 1. The third-order valence-electron chi connectivity index (χ3n) is 4.28. The molecule has 0 saturated heterocycles. The summed E-state index contributed by atoms with van der Waals surface area (Å²) in [4.78, 5) is 16.9. The van der Waals surface area contributed by atoms with Crippen molar-refractivity contribution in [1.82, 2.24) is 4.98 Å².